The van der Waals surface area contributed by atoms with Gasteiger partial charge in [-0.25, -0.2) is 13.8 Å². The summed E-state index contributed by atoms with van der Waals surface area (Å²) < 4.78 is 38.0. The van der Waals surface area contributed by atoms with Crippen LogP contribution in [-0.4, -0.2) is 52.7 Å². The first-order chi connectivity index (χ1) is 12.4. The predicted octanol–water partition coefficient (Wildman–Crippen LogP) is 2.32. The van der Waals surface area contributed by atoms with E-state index < -0.39 is 35.1 Å². The molecule has 7 nitrogen and oxygen atoms in total. The third kappa shape index (κ3) is 3.43. The SMILES string of the molecule is COC1CC(CC(=O)O)N(C(=O)c2coc(-c3c(F)cccc3F)n2)C1. The number of carbonyl (C=O) groups excluding carboxylic acids is 1. The molecule has 1 N–H and O–H groups in total. The second kappa shape index (κ2) is 7.20. The molecule has 0 radical (unpaired) electrons. The van der Waals surface area contributed by atoms with Gasteiger partial charge < -0.3 is 19.2 Å². The van der Waals surface area contributed by atoms with E-state index in [1.807, 2.05) is 0 Å². The van der Waals surface area contributed by atoms with Crippen molar-refractivity contribution in [2.75, 3.05) is 13.7 Å². The quantitative estimate of drug-likeness (QED) is 0.873. The van der Waals surface area contributed by atoms with Gasteiger partial charge >= 0.3 is 5.97 Å². The lowest BCUT2D eigenvalue weighted by atomic mass is 10.1. The minimum atomic E-state index is -1.04. The lowest BCUT2D eigenvalue weighted by Crippen LogP contribution is -2.37. The normalized spacial score (nSPS) is 19.7. The van der Waals surface area contributed by atoms with Gasteiger partial charge in [0.2, 0.25) is 5.89 Å². The molecule has 2 atom stereocenters. The van der Waals surface area contributed by atoms with Crippen LogP contribution in [0.4, 0.5) is 8.78 Å². The summed E-state index contributed by atoms with van der Waals surface area (Å²) in [7, 11) is 1.48. The number of nitrogens with zero attached hydrogens (tertiary/aromatic N) is 2. The Morgan fingerprint density at radius 2 is 2.08 bits per heavy atom. The fourth-order valence-corrected chi connectivity index (χ4v) is 3.02. The zero-order valence-electron chi connectivity index (χ0n) is 13.8. The molecule has 1 aliphatic rings. The molecule has 1 amide bonds. The first-order valence-electron chi connectivity index (χ1n) is 7.86. The second-order valence-corrected chi connectivity index (χ2v) is 5.94. The monoisotopic (exact) mass is 366 g/mol. The van der Waals surface area contributed by atoms with Crippen LogP contribution in [0, 0.1) is 11.6 Å². The lowest BCUT2D eigenvalue weighted by Gasteiger charge is -2.21. The highest BCUT2D eigenvalue weighted by Gasteiger charge is 2.38. The number of ether oxygens (including phenoxy) is 1. The first-order valence-corrected chi connectivity index (χ1v) is 7.86. The lowest BCUT2D eigenvalue weighted by molar-refractivity contribution is -0.138. The van der Waals surface area contributed by atoms with E-state index in [2.05, 4.69) is 4.98 Å². The number of amides is 1. The molecule has 2 heterocycles. The van der Waals surface area contributed by atoms with Gasteiger partial charge in [-0.15, -0.1) is 0 Å². The summed E-state index contributed by atoms with van der Waals surface area (Å²) in [5.41, 5.74) is -0.625. The molecule has 1 aromatic carbocycles. The van der Waals surface area contributed by atoms with Crippen LogP contribution in [0.2, 0.25) is 0 Å². The van der Waals surface area contributed by atoms with E-state index in [9.17, 15) is 18.4 Å². The van der Waals surface area contributed by atoms with Gasteiger partial charge in [-0.05, 0) is 18.6 Å². The Hall–Kier alpha value is -2.81. The van der Waals surface area contributed by atoms with Crippen LogP contribution in [0.5, 0.6) is 0 Å². The molecule has 0 bridgehead atoms. The Morgan fingerprint density at radius 1 is 1.38 bits per heavy atom. The third-order valence-corrected chi connectivity index (χ3v) is 4.28. The van der Waals surface area contributed by atoms with Crippen molar-refractivity contribution >= 4 is 11.9 Å². The van der Waals surface area contributed by atoms with Gasteiger partial charge in [-0.1, -0.05) is 6.07 Å². The van der Waals surface area contributed by atoms with Gasteiger partial charge in [-0.3, -0.25) is 9.59 Å². The summed E-state index contributed by atoms with van der Waals surface area (Å²) >= 11 is 0. The molecule has 1 aromatic heterocycles. The molecule has 0 aliphatic carbocycles. The van der Waals surface area contributed by atoms with Crippen molar-refractivity contribution in [2.24, 2.45) is 0 Å². The second-order valence-electron chi connectivity index (χ2n) is 5.94. The fraction of sp³-hybridized carbons (Fsp3) is 0.353. The van der Waals surface area contributed by atoms with Crippen LogP contribution in [0.3, 0.4) is 0 Å². The Balaban J connectivity index is 1.86. The van der Waals surface area contributed by atoms with E-state index in [1.165, 1.54) is 18.1 Å². The Bertz CT molecular complexity index is 818. The summed E-state index contributed by atoms with van der Waals surface area (Å²) in [6.45, 7) is 0.198. The number of benzene rings is 1. The van der Waals surface area contributed by atoms with E-state index in [-0.39, 0.29) is 30.7 Å². The van der Waals surface area contributed by atoms with E-state index in [4.69, 9.17) is 14.3 Å². The molecule has 1 saturated heterocycles. The smallest absolute Gasteiger partial charge is 0.305 e. The van der Waals surface area contributed by atoms with Crippen LogP contribution >= 0.6 is 0 Å². The van der Waals surface area contributed by atoms with E-state index in [0.29, 0.717) is 6.42 Å². The summed E-state index contributed by atoms with van der Waals surface area (Å²) in [5, 5.41) is 9.02. The van der Waals surface area contributed by atoms with Crippen molar-refractivity contribution in [2.45, 2.75) is 25.0 Å². The number of halogens is 2. The molecular weight excluding hydrogens is 350 g/mol. The van der Waals surface area contributed by atoms with Crippen LogP contribution in [0.1, 0.15) is 23.3 Å². The van der Waals surface area contributed by atoms with Crippen molar-refractivity contribution in [3.8, 4) is 11.5 Å². The number of carboxylic acid groups (broad SMARTS) is 1. The number of methoxy groups -OCH3 is 1. The average molecular weight is 366 g/mol. The number of likely N-dealkylation sites (tertiary alicyclic amines) is 1. The molecule has 1 aliphatic heterocycles. The predicted molar refractivity (Wildman–Crippen MR) is 84.3 cm³/mol. The first kappa shape index (κ1) is 18.0. The van der Waals surface area contributed by atoms with Crippen LogP contribution < -0.4 is 0 Å². The zero-order chi connectivity index (χ0) is 18.8. The number of aliphatic carboxylic acids is 1. The van der Waals surface area contributed by atoms with Gasteiger partial charge in [0.1, 0.15) is 23.5 Å². The number of carboxylic acids is 1. The van der Waals surface area contributed by atoms with E-state index in [0.717, 1.165) is 18.4 Å². The summed E-state index contributed by atoms with van der Waals surface area (Å²) in [6.07, 6.45) is 0.847. The maximum absolute atomic E-state index is 13.8. The molecular formula is C17H16F2N2O5. The number of aromatic nitrogens is 1. The molecule has 2 aromatic rings. The minimum Gasteiger partial charge on any atom is -0.481 e. The average Bonchev–Trinajstić information content (AvgIpc) is 3.21. The van der Waals surface area contributed by atoms with Gasteiger partial charge in [-0.2, -0.15) is 0 Å². The highest BCUT2D eigenvalue weighted by molar-refractivity contribution is 5.93. The Labute approximate surface area is 147 Å². The maximum Gasteiger partial charge on any atom is 0.305 e. The van der Waals surface area contributed by atoms with Gasteiger partial charge in [0.15, 0.2) is 5.69 Å². The molecule has 9 heteroatoms. The number of rotatable bonds is 5. The van der Waals surface area contributed by atoms with E-state index in [1.54, 1.807) is 0 Å². The molecule has 138 valence electrons. The van der Waals surface area contributed by atoms with Gasteiger partial charge in [0.25, 0.3) is 5.91 Å². The number of oxazole rings is 1. The summed E-state index contributed by atoms with van der Waals surface area (Å²) in [6, 6.07) is 2.75. The fourth-order valence-electron chi connectivity index (χ4n) is 3.02. The van der Waals surface area contributed by atoms with E-state index >= 15 is 0 Å². The topological polar surface area (TPSA) is 92.9 Å². The van der Waals surface area contributed by atoms with Crippen LogP contribution in [-0.2, 0) is 9.53 Å². The van der Waals surface area contributed by atoms with Crippen molar-refractivity contribution < 1.29 is 32.6 Å². The number of hydrogen-bond donors (Lipinski definition) is 1. The summed E-state index contributed by atoms with van der Waals surface area (Å²) in [4.78, 5) is 28.9. The highest BCUT2D eigenvalue weighted by atomic mass is 19.1. The van der Waals surface area contributed by atoms with Crippen LogP contribution in [0.15, 0.2) is 28.9 Å². The van der Waals surface area contributed by atoms with Crippen molar-refractivity contribution in [1.29, 1.82) is 0 Å². The molecule has 26 heavy (non-hydrogen) atoms. The Morgan fingerprint density at radius 3 is 2.69 bits per heavy atom. The molecule has 1 fully saturated rings. The highest BCUT2D eigenvalue weighted by Crippen LogP contribution is 2.28. The molecule has 0 spiro atoms. The van der Waals surface area contributed by atoms with Crippen molar-refractivity contribution in [1.82, 2.24) is 9.88 Å². The maximum atomic E-state index is 13.8. The Kier molecular flexibility index (Phi) is 4.99. The summed E-state index contributed by atoms with van der Waals surface area (Å²) in [5.74, 6) is -3.71. The standard InChI is InChI=1S/C17H16F2N2O5/c1-25-10-5-9(6-14(22)23)21(7-10)17(24)13-8-26-16(20-13)15-11(18)3-2-4-12(15)19/h2-4,8-10H,5-7H2,1H3,(H,22,23). The largest absolute Gasteiger partial charge is 0.481 e. The van der Waals surface area contributed by atoms with Crippen LogP contribution in [0.25, 0.3) is 11.5 Å². The van der Waals surface area contributed by atoms with Crippen molar-refractivity contribution in [3.05, 3.63) is 41.8 Å². The van der Waals surface area contributed by atoms with Gasteiger partial charge in [0, 0.05) is 19.7 Å². The minimum absolute atomic E-state index is 0.158. The molecule has 0 saturated carbocycles. The third-order valence-electron chi connectivity index (χ3n) is 4.28. The van der Waals surface area contributed by atoms with Crippen molar-refractivity contribution in [3.63, 3.8) is 0 Å². The van der Waals surface area contributed by atoms with Gasteiger partial charge in [0.05, 0.1) is 12.5 Å². The molecule has 2 unspecified atom stereocenters. The zero-order valence-corrected chi connectivity index (χ0v) is 13.8. The molecule has 3 rings (SSSR count). The number of hydrogen-bond acceptors (Lipinski definition) is 5. The number of carbonyl (C=O) groups is 2.